The lowest BCUT2D eigenvalue weighted by Crippen LogP contribution is -2.05. The van der Waals surface area contributed by atoms with Gasteiger partial charge in [-0.3, -0.25) is 4.79 Å². The van der Waals surface area contributed by atoms with Crippen molar-refractivity contribution in [1.29, 1.82) is 0 Å². The largest absolute Gasteiger partial charge is 0.496 e. The molecule has 0 aliphatic rings. The van der Waals surface area contributed by atoms with Gasteiger partial charge in [0.15, 0.2) is 5.78 Å². The Morgan fingerprint density at radius 2 is 2.00 bits per heavy atom. The number of ether oxygens (including phenoxy) is 2. The zero-order chi connectivity index (χ0) is 12.1. The van der Waals surface area contributed by atoms with Gasteiger partial charge in [0.25, 0.3) is 0 Å². The second-order valence-electron chi connectivity index (χ2n) is 3.27. The van der Waals surface area contributed by atoms with Gasteiger partial charge in [-0.2, -0.15) is 0 Å². The lowest BCUT2D eigenvalue weighted by atomic mass is 10.0. The standard InChI is InChI=1S/C12H14O4/c1-8-11(15-2)5-4-9(12(8)16-3)10(14)6-7-13/h4-5,7H,6H2,1-3H3. The van der Waals surface area contributed by atoms with E-state index < -0.39 is 0 Å². The second-order valence-corrected chi connectivity index (χ2v) is 3.27. The summed E-state index contributed by atoms with van der Waals surface area (Å²) < 4.78 is 10.3. The topological polar surface area (TPSA) is 52.6 Å². The number of methoxy groups -OCH3 is 2. The molecule has 0 aromatic heterocycles. The molecule has 0 radical (unpaired) electrons. The van der Waals surface area contributed by atoms with Gasteiger partial charge in [-0.05, 0) is 19.1 Å². The third-order valence-corrected chi connectivity index (χ3v) is 2.35. The maximum atomic E-state index is 11.6. The van der Waals surface area contributed by atoms with Gasteiger partial charge >= 0.3 is 0 Å². The Morgan fingerprint density at radius 3 is 2.50 bits per heavy atom. The first-order valence-electron chi connectivity index (χ1n) is 4.84. The third-order valence-electron chi connectivity index (χ3n) is 2.35. The summed E-state index contributed by atoms with van der Waals surface area (Å²) in [4.78, 5) is 21.9. The number of carbonyl (C=O) groups is 2. The predicted molar refractivity (Wildman–Crippen MR) is 59.3 cm³/mol. The van der Waals surface area contributed by atoms with Gasteiger partial charge in [-0.1, -0.05) is 0 Å². The molecule has 0 heterocycles. The molecule has 0 amide bonds. The highest BCUT2D eigenvalue weighted by atomic mass is 16.5. The fourth-order valence-corrected chi connectivity index (χ4v) is 1.56. The highest BCUT2D eigenvalue weighted by Gasteiger charge is 2.16. The zero-order valence-electron chi connectivity index (χ0n) is 9.57. The highest BCUT2D eigenvalue weighted by molar-refractivity contribution is 6.05. The van der Waals surface area contributed by atoms with E-state index in [-0.39, 0.29) is 12.2 Å². The van der Waals surface area contributed by atoms with E-state index >= 15 is 0 Å². The minimum Gasteiger partial charge on any atom is -0.496 e. The van der Waals surface area contributed by atoms with Crippen molar-refractivity contribution < 1.29 is 19.1 Å². The van der Waals surface area contributed by atoms with Gasteiger partial charge in [0.05, 0.1) is 26.2 Å². The smallest absolute Gasteiger partial charge is 0.173 e. The molecule has 4 heteroatoms. The Balaban J connectivity index is 3.25. The SMILES string of the molecule is COc1ccc(C(=O)CC=O)c(OC)c1C. The molecular weight excluding hydrogens is 208 g/mol. The van der Waals surface area contributed by atoms with Crippen molar-refractivity contribution in [3.05, 3.63) is 23.3 Å². The minimum absolute atomic E-state index is 0.137. The van der Waals surface area contributed by atoms with Crippen LogP contribution in [-0.2, 0) is 4.79 Å². The summed E-state index contributed by atoms with van der Waals surface area (Å²) in [7, 11) is 3.04. The van der Waals surface area contributed by atoms with E-state index in [0.29, 0.717) is 23.3 Å². The summed E-state index contributed by atoms with van der Waals surface area (Å²) in [5, 5.41) is 0. The summed E-state index contributed by atoms with van der Waals surface area (Å²) in [6, 6.07) is 3.30. The Labute approximate surface area is 94.2 Å². The Morgan fingerprint density at radius 1 is 1.31 bits per heavy atom. The molecule has 0 unspecified atom stereocenters. The molecule has 1 aromatic rings. The number of hydrogen-bond acceptors (Lipinski definition) is 4. The summed E-state index contributed by atoms with van der Waals surface area (Å²) in [5.41, 5.74) is 1.16. The molecule has 0 atom stereocenters. The van der Waals surface area contributed by atoms with Gasteiger partial charge in [0, 0.05) is 5.56 Å². The average Bonchev–Trinajstić information content (AvgIpc) is 2.28. The van der Waals surface area contributed by atoms with E-state index in [1.165, 1.54) is 7.11 Å². The van der Waals surface area contributed by atoms with E-state index in [4.69, 9.17) is 9.47 Å². The first kappa shape index (κ1) is 12.2. The molecule has 0 saturated carbocycles. The van der Waals surface area contributed by atoms with Crippen LogP contribution in [0.1, 0.15) is 22.3 Å². The lowest BCUT2D eigenvalue weighted by molar-refractivity contribution is -0.107. The van der Waals surface area contributed by atoms with Crippen LogP contribution < -0.4 is 9.47 Å². The number of Topliss-reactive ketones (excluding diaryl/α,β-unsaturated/α-hetero) is 1. The molecule has 86 valence electrons. The maximum Gasteiger partial charge on any atom is 0.173 e. The van der Waals surface area contributed by atoms with Crippen LogP contribution in [-0.4, -0.2) is 26.3 Å². The summed E-state index contributed by atoms with van der Waals surface area (Å²) in [6.07, 6.45) is 0.448. The number of carbonyl (C=O) groups excluding carboxylic acids is 2. The number of hydrogen-bond donors (Lipinski definition) is 0. The molecule has 1 rings (SSSR count). The van der Waals surface area contributed by atoms with Gasteiger partial charge in [-0.15, -0.1) is 0 Å². The zero-order valence-corrected chi connectivity index (χ0v) is 9.57. The average molecular weight is 222 g/mol. The molecule has 0 aliphatic heterocycles. The summed E-state index contributed by atoms with van der Waals surface area (Å²) in [5.74, 6) is 0.864. The van der Waals surface area contributed by atoms with Crippen molar-refractivity contribution in [1.82, 2.24) is 0 Å². The van der Waals surface area contributed by atoms with E-state index in [0.717, 1.165) is 5.56 Å². The molecule has 16 heavy (non-hydrogen) atoms. The van der Waals surface area contributed by atoms with Crippen LogP contribution in [0.5, 0.6) is 11.5 Å². The first-order chi connectivity index (χ1) is 7.65. The monoisotopic (exact) mass is 222 g/mol. The van der Waals surface area contributed by atoms with Crippen molar-refractivity contribution in [2.75, 3.05) is 14.2 Å². The quantitative estimate of drug-likeness (QED) is 0.433. The molecule has 0 saturated heterocycles. The molecular formula is C12H14O4. The van der Waals surface area contributed by atoms with Crippen LogP contribution in [0.4, 0.5) is 0 Å². The van der Waals surface area contributed by atoms with Gasteiger partial charge in [0.2, 0.25) is 0 Å². The third kappa shape index (κ3) is 2.21. The Hall–Kier alpha value is -1.84. The molecule has 0 fully saturated rings. The van der Waals surface area contributed by atoms with E-state index in [9.17, 15) is 9.59 Å². The number of aldehydes is 1. The van der Waals surface area contributed by atoms with Crippen LogP contribution >= 0.6 is 0 Å². The number of rotatable bonds is 5. The van der Waals surface area contributed by atoms with Crippen molar-refractivity contribution in [3.8, 4) is 11.5 Å². The van der Waals surface area contributed by atoms with Crippen LogP contribution in [0, 0.1) is 6.92 Å². The van der Waals surface area contributed by atoms with Crippen molar-refractivity contribution in [3.63, 3.8) is 0 Å². The van der Waals surface area contributed by atoms with Crippen molar-refractivity contribution in [2.45, 2.75) is 13.3 Å². The van der Waals surface area contributed by atoms with Gasteiger partial charge in [-0.25, -0.2) is 0 Å². The predicted octanol–water partition coefficient (Wildman–Crippen LogP) is 1.78. The second kappa shape index (κ2) is 5.30. The normalized spacial score (nSPS) is 9.69. The Bertz CT molecular complexity index is 410. The minimum atomic E-state index is -0.252. The fraction of sp³-hybridized carbons (Fsp3) is 0.333. The van der Waals surface area contributed by atoms with E-state index in [1.807, 2.05) is 0 Å². The lowest BCUT2D eigenvalue weighted by Gasteiger charge is -2.12. The van der Waals surface area contributed by atoms with Crippen LogP contribution in [0.25, 0.3) is 0 Å². The number of ketones is 1. The van der Waals surface area contributed by atoms with Crippen LogP contribution in [0.15, 0.2) is 12.1 Å². The first-order valence-corrected chi connectivity index (χ1v) is 4.84. The maximum absolute atomic E-state index is 11.6. The molecule has 0 spiro atoms. The highest BCUT2D eigenvalue weighted by Crippen LogP contribution is 2.31. The molecule has 0 bridgehead atoms. The molecule has 0 aliphatic carbocycles. The fourth-order valence-electron chi connectivity index (χ4n) is 1.56. The molecule has 1 aromatic carbocycles. The Kier molecular flexibility index (Phi) is 4.05. The van der Waals surface area contributed by atoms with E-state index in [2.05, 4.69) is 0 Å². The number of benzene rings is 1. The van der Waals surface area contributed by atoms with Crippen LogP contribution in [0.2, 0.25) is 0 Å². The van der Waals surface area contributed by atoms with Gasteiger partial charge in [0.1, 0.15) is 17.8 Å². The summed E-state index contributed by atoms with van der Waals surface area (Å²) >= 11 is 0. The van der Waals surface area contributed by atoms with Gasteiger partial charge < -0.3 is 14.3 Å². The van der Waals surface area contributed by atoms with Crippen LogP contribution in [0.3, 0.4) is 0 Å². The molecule has 0 N–H and O–H groups in total. The van der Waals surface area contributed by atoms with Crippen molar-refractivity contribution >= 4 is 12.1 Å². The van der Waals surface area contributed by atoms with E-state index in [1.54, 1.807) is 26.2 Å². The van der Waals surface area contributed by atoms with Crippen molar-refractivity contribution in [2.24, 2.45) is 0 Å². The summed E-state index contributed by atoms with van der Waals surface area (Å²) in [6.45, 7) is 1.80. The molecule has 4 nitrogen and oxygen atoms in total.